The van der Waals surface area contributed by atoms with Crippen LogP contribution in [0.1, 0.15) is 24.8 Å². The molecule has 2 aliphatic heterocycles. The minimum Gasteiger partial charge on any atom is -0.378 e. The van der Waals surface area contributed by atoms with E-state index in [9.17, 15) is 4.39 Å². The van der Waals surface area contributed by atoms with E-state index in [2.05, 4.69) is 20.2 Å². The molecule has 0 amide bonds. The molecular formula is C20H25FN4O. The average molecular weight is 356 g/mol. The van der Waals surface area contributed by atoms with Crippen molar-refractivity contribution >= 4 is 5.95 Å². The molecule has 1 aromatic carbocycles. The molecular weight excluding hydrogens is 331 g/mol. The van der Waals surface area contributed by atoms with Gasteiger partial charge in [0.1, 0.15) is 5.82 Å². The van der Waals surface area contributed by atoms with Gasteiger partial charge in [0.25, 0.3) is 0 Å². The number of aromatic nitrogens is 2. The summed E-state index contributed by atoms with van der Waals surface area (Å²) < 4.78 is 20.0. The Morgan fingerprint density at radius 2 is 2.08 bits per heavy atom. The van der Waals surface area contributed by atoms with Crippen molar-refractivity contribution in [2.45, 2.75) is 31.9 Å². The maximum absolute atomic E-state index is 14.0. The van der Waals surface area contributed by atoms with Crippen LogP contribution in [-0.4, -0.2) is 47.2 Å². The molecule has 2 fully saturated rings. The van der Waals surface area contributed by atoms with Crippen LogP contribution in [0, 0.1) is 11.2 Å². The highest BCUT2D eigenvalue weighted by Gasteiger charge is 2.47. The zero-order chi connectivity index (χ0) is 17.8. The number of rotatable bonds is 6. The number of nitrogens with zero attached hydrogens (tertiary/aromatic N) is 3. The topological polar surface area (TPSA) is 50.3 Å². The van der Waals surface area contributed by atoms with E-state index in [4.69, 9.17) is 4.74 Å². The minimum atomic E-state index is -0.116. The fourth-order valence-corrected chi connectivity index (χ4v) is 4.32. The largest absolute Gasteiger partial charge is 0.378 e. The molecule has 26 heavy (non-hydrogen) atoms. The first-order valence-corrected chi connectivity index (χ1v) is 9.33. The lowest BCUT2D eigenvalue weighted by Crippen LogP contribution is -2.50. The number of nitrogens with one attached hydrogen (secondary N) is 1. The summed E-state index contributed by atoms with van der Waals surface area (Å²) in [5.74, 6) is 0.549. The van der Waals surface area contributed by atoms with Gasteiger partial charge in [-0.1, -0.05) is 18.2 Å². The van der Waals surface area contributed by atoms with Crippen LogP contribution < -0.4 is 5.32 Å². The standard InChI is InChI=1S/C20H25FN4O/c21-17-5-2-1-4-16(17)14-25-12-6-18-20(15-25,8-13-26-18)7-11-24-19-22-9-3-10-23-19/h1-5,9-10,18H,6-8,11-15H2,(H,22,23,24)/t18-,20+/m1/s1. The Morgan fingerprint density at radius 1 is 1.23 bits per heavy atom. The SMILES string of the molecule is Fc1ccccc1CN1CC[C@H]2OCC[C@@]2(CCNc2ncccn2)C1. The number of benzene rings is 1. The zero-order valence-corrected chi connectivity index (χ0v) is 14.9. The van der Waals surface area contributed by atoms with Crippen molar-refractivity contribution in [2.24, 2.45) is 5.41 Å². The van der Waals surface area contributed by atoms with E-state index >= 15 is 0 Å². The van der Waals surface area contributed by atoms with Gasteiger partial charge in [0.2, 0.25) is 5.95 Å². The molecule has 1 aromatic heterocycles. The highest BCUT2D eigenvalue weighted by molar-refractivity contribution is 5.22. The van der Waals surface area contributed by atoms with Crippen LogP contribution in [0.4, 0.5) is 10.3 Å². The normalized spacial score (nSPS) is 25.8. The quantitative estimate of drug-likeness (QED) is 0.862. The highest BCUT2D eigenvalue weighted by atomic mass is 19.1. The summed E-state index contributed by atoms with van der Waals surface area (Å²) in [4.78, 5) is 10.8. The first kappa shape index (κ1) is 17.4. The number of hydrogen-bond donors (Lipinski definition) is 1. The maximum Gasteiger partial charge on any atom is 0.222 e. The van der Waals surface area contributed by atoms with E-state index in [0.717, 1.165) is 51.1 Å². The summed E-state index contributed by atoms with van der Waals surface area (Å²) in [6, 6.07) is 8.89. The molecule has 2 aromatic rings. The third-order valence-corrected chi connectivity index (χ3v) is 5.67. The molecule has 0 unspecified atom stereocenters. The van der Waals surface area contributed by atoms with E-state index in [1.54, 1.807) is 24.5 Å². The molecule has 2 saturated heterocycles. The molecule has 4 rings (SSSR count). The lowest BCUT2D eigenvalue weighted by Gasteiger charge is -2.44. The van der Waals surface area contributed by atoms with E-state index in [0.29, 0.717) is 18.6 Å². The average Bonchev–Trinajstić information content (AvgIpc) is 3.08. The van der Waals surface area contributed by atoms with Gasteiger partial charge < -0.3 is 10.1 Å². The molecule has 0 spiro atoms. The van der Waals surface area contributed by atoms with Gasteiger partial charge in [-0.3, -0.25) is 4.90 Å². The van der Waals surface area contributed by atoms with Crippen LogP contribution in [0.15, 0.2) is 42.7 Å². The van der Waals surface area contributed by atoms with Gasteiger partial charge in [-0.25, -0.2) is 14.4 Å². The monoisotopic (exact) mass is 356 g/mol. The lowest BCUT2D eigenvalue weighted by atomic mass is 9.74. The second kappa shape index (κ2) is 7.68. The maximum atomic E-state index is 14.0. The molecule has 2 aliphatic rings. The summed E-state index contributed by atoms with van der Waals surface area (Å²) in [5, 5.41) is 3.32. The number of halogens is 1. The minimum absolute atomic E-state index is 0.116. The highest BCUT2D eigenvalue weighted by Crippen LogP contribution is 2.43. The van der Waals surface area contributed by atoms with E-state index in [-0.39, 0.29) is 11.2 Å². The van der Waals surface area contributed by atoms with Crippen molar-refractivity contribution < 1.29 is 9.13 Å². The summed E-state index contributed by atoms with van der Waals surface area (Å²) >= 11 is 0. The lowest BCUT2D eigenvalue weighted by molar-refractivity contribution is -0.0230. The number of ether oxygens (including phenoxy) is 1. The van der Waals surface area contributed by atoms with Gasteiger partial charge in [0, 0.05) is 56.2 Å². The second-order valence-electron chi connectivity index (χ2n) is 7.31. The zero-order valence-electron chi connectivity index (χ0n) is 14.9. The van der Waals surface area contributed by atoms with Gasteiger partial charge in [-0.2, -0.15) is 0 Å². The Kier molecular flexibility index (Phi) is 5.13. The predicted molar refractivity (Wildman–Crippen MR) is 98.2 cm³/mol. The molecule has 138 valence electrons. The molecule has 1 N–H and O–H groups in total. The van der Waals surface area contributed by atoms with Crippen LogP contribution >= 0.6 is 0 Å². The molecule has 5 nitrogen and oxygen atoms in total. The first-order chi connectivity index (χ1) is 12.8. The molecule has 0 saturated carbocycles. The van der Waals surface area contributed by atoms with Crippen molar-refractivity contribution in [1.29, 1.82) is 0 Å². The smallest absolute Gasteiger partial charge is 0.222 e. The van der Waals surface area contributed by atoms with Gasteiger partial charge in [-0.15, -0.1) is 0 Å². The Labute approximate surface area is 153 Å². The third kappa shape index (κ3) is 3.71. The molecule has 0 radical (unpaired) electrons. The molecule has 0 aliphatic carbocycles. The van der Waals surface area contributed by atoms with Gasteiger partial charge >= 0.3 is 0 Å². The number of piperidine rings is 1. The fraction of sp³-hybridized carbons (Fsp3) is 0.500. The van der Waals surface area contributed by atoms with Crippen LogP contribution in [0.2, 0.25) is 0 Å². The van der Waals surface area contributed by atoms with Crippen LogP contribution in [-0.2, 0) is 11.3 Å². The summed E-state index contributed by atoms with van der Waals surface area (Å²) in [6.07, 6.45) is 6.86. The van der Waals surface area contributed by atoms with Crippen molar-refractivity contribution in [2.75, 3.05) is 31.6 Å². The Hall–Kier alpha value is -2.05. The van der Waals surface area contributed by atoms with Gasteiger partial charge in [-0.05, 0) is 31.4 Å². The Balaban J connectivity index is 1.40. The van der Waals surface area contributed by atoms with E-state index < -0.39 is 0 Å². The van der Waals surface area contributed by atoms with Crippen LogP contribution in [0.3, 0.4) is 0 Å². The van der Waals surface area contributed by atoms with Crippen molar-refractivity contribution in [3.63, 3.8) is 0 Å². The summed E-state index contributed by atoms with van der Waals surface area (Å²) in [5.41, 5.74) is 0.904. The summed E-state index contributed by atoms with van der Waals surface area (Å²) in [6.45, 7) is 4.20. The van der Waals surface area contributed by atoms with Crippen LogP contribution in [0.5, 0.6) is 0 Å². The van der Waals surface area contributed by atoms with Crippen molar-refractivity contribution in [1.82, 2.24) is 14.9 Å². The van der Waals surface area contributed by atoms with Crippen molar-refractivity contribution in [3.05, 3.63) is 54.1 Å². The number of anilines is 1. The fourth-order valence-electron chi connectivity index (χ4n) is 4.32. The molecule has 2 atom stereocenters. The predicted octanol–water partition coefficient (Wildman–Crippen LogP) is 3.10. The molecule has 3 heterocycles. The number of likely N-dealkylation sites (tertiary alicyclic amines) is 1. The van der Waals surface area contributed by atoms with Gasteiger partial charge in [0.15, 0.2) is 0 Å². The third-order valence-electron chi connectivity index (χ3n) is 5.67. The Morgan fingerprint density at radius 3 is 2.92 bits per heavy atom. The van der Waals surface area contributed by atoms with Crippen molar-refractivity contribution in [3.8, 4) is 0 Å². The second-order valence-corrected chi connectivity index (χ2v) is 7.31. The van der Waals surface area contributed by atoms with Gasteiger partial charge in [0.05, 0.1) is 6.10 Å². The number of fused-ring (bicyclic) bond motifs is 1. The van der Waals surface area contributed by atoms with E-state index in [1.165, 1.54) is 0 Å². The van der Waals surface area contributed by atoms with E-state index in [1.807, 2.05) is 18.2 Å². The Bertz CT molecular complexity index is 729. The number of hydrogen-bond acceptors (Lipinski definition) is 5. The molecule has 6 heteroatoms. The first-order valence-electron chi connectivity index (χ1n) is 9.33. The summed E-state index contributed by atoms with van der Waals surface area (Å²) in [7, 11) is 0. The molecule has 0 bridgehead atoms. The van der Waals surface area contributed by atoms with Crippen LogP contribution in [0.25, 0.3) is 0 Å².